The molecule has 0 aliphatic rings. The second-order valence-corrected chi connectivity index (χ2v) is 8.16. The van der Waals surface area contributed by atoms with E-state index in [2.05, 4.69) is 75.8 Å². The lowest BCUT2D eigenvalue weighted by atomic mass is 10.1. The molecular formula is C25H32N4. The van der Waals surface area contributed by atoms with Crippen LogP contribution in [0.4, 0.5) is 0 Å². The van der Waals surface area contributed by atoms with Gasteiger partial charge in [0, 0.05) is 5.69 Å². The van der Waals surface area contributed by atoms with Gasteiger partial charge in [-0.05, 0) is 56.0 Å². The first-order valence-electron chi connectivity index (χ1n) is 10.4. The quantitative estimate of drug-likeness (QED) is 0.436. The van der Waals surface area contributed by atoms with E-state index in [0.717, 1.165) is 40.7 Å². The van der Waals surface area contributed by atoms with E-state index in [4.69, 9.17) is 5.10 Å². The van der Waals surface area contributed by atoms with E-state index in [-0.39, 0.29) is 0 Å². The third-order valence-electron chi connectivity index (χ3n) is 5.25. The normalized spacial score (nSPS) is 11.0. The van der Waals surface area contributed by atoms with Crippen molar-refractivity contribution in [1.82, 2.24) is 19.7 Å². The molecule has 0 radical (unpaired) electrons. The summed E-state index contributed by atoms with van der Waals surface area (Å²) >= 11 is 0. The molecule has 0 fully saturated rings. The number of aromatic nitrogens is 4. The lowest BCUT2D eigenvalue weighted by Crippen LogP contribution is -2.05. The summed E-state index contributed by atoms with van der Waals surface area (Å²) in [5, 5.41) is 4.76. The van der Waals surface area contributed by atoms with E-state index < -0.39 is 0 Å². The summed E-state index contributed by atoms with van der Waals surface area (Å²) in [6.45, 7) is 13.8. The molecule has 2 heterocycles. The summed E-state index contributed by atoms with van der Waals surface area (Å²) in [6, 6.07) is 16.7. The Kier molecular flexibility index (Phi) is 6.53. The molecule has 4 nitrogen and oxygen atoms in total. The average Bonchev–Trinajstić information content (AvgIpc) is 3.29. The Hall–Kier alpha value is -2.88. The van der Waals surface area contributed by atoms with Crippen molar-refractivity contribution in [2.75, 3.05) is 0 Å². The number of H-pyrrole nitrogens is 1. The molecule has 4 rings (SSSR count). The first kappa shape index (κ1) is 20.8. The van der Waals surface area contributed by atoms with E-state index in [1.54, 1.807) is 0 Å². The Balaban J connectivity index is 0.000000431. The van der Waals surface area contributed by atoms with Gasteiger partial charge in [-0.25, -0.2) is 4.98 Å². The van der Waals surface area contributed by atoms with Gasteiger partial charge in [0.05, 0.1) is 17.6 Å². The van der Waals surface area contributed by atoms with Crippen molar-refractivity contribution in [3.05, 3.63) is 70.9 Å². The lowest BCUT2D eigenvalue weighted by molar-refractivity contribution is 0.626. The number of imidazole rings is 1. The Bertz CT molecular complexity index is 1050. The molecule has 2 aromatic heterocycles. The summed E-state index contributed by atoms with van der Waals surface area (Å²) in [5.74, 6) is 1.70. The zero-order valence-corrected chi connectivity index (χ0v) is 18.5. The Morgan fingerprint density at radius 2 is 1.72 bits per heavy atom. The van der Waals surface area contributed by atoms with Crippen molar-refractivity contribution >= 4 is 11.0 Å². The fourth-order valence-corrected chi connectivity index (χ4v) is 2.99. The van der Waals surface area contributed by atoms with Crippen molar-refractivity contribution in [2.45, 2.75) is 54.5 Å². The fourth-order valence-electron chi connectivity index (χ4n) is 2.99. The molecular weight excluding hydrogens is 356 g/mol. The summed E-state index contributed by atoms with van der Waals surface area (Å²) in [4.78, 5) is 7.99. The molecule has 152 valence electrons. The van der Waals surface area contributed by atoms with Crippen molar-refractivity contribution in [3.63, 3.8) is 0 Å². The molecule has 4 heteroatoms. The highest BCUT2D eigenvalue weighted by Gasteiger charge is 2.11. The van der Waals surface area contributed by atoms with Gasteiger partial charge in [-0.15, -0.1) is 0 Å². The second-order valence-electron chi connectivity index (χ2n) is 8.16. The van der Waals surface area contributed by atoms with Gasteiger partial charge in [0.1, 0.15) is 5.69 Å². The monoisotopic (exact) mass is 388 g/mol. The van der Waals surface area contributed by atoms with Crippen LogP contribution in [0.15, 0.2) is 48.5 Å². The number of para-hydroxylation sites is 2. The zero-order valence-electron chi connectivity index (χ0n) is 18.5. The first-order valence-corrected chi connectivity index (χ1v) is 10.4. The fraction of sp³-hybridized carbons (Fsp3) is 0.360. The van der Waals surface area contributed by atoms with Gasteiger partial charge in [0.2, 0.25) is 0 Å². The lowest BCUT2D eigenvalue weighted by Gasteiger charge is -2.09. The van der Waals surface area contributed by atoms with E-state index in [1.807, 2.05) is 28.9 Å². The third kappa shape index (κ3) is 5.14. The van der Waals surface area contributed by atoms with Crippen LogP contribution in [-0.4, -0.2) is 19.7 Å². The van der Waals surface area contributed by atoms with Crippen LogP contribution in [0.25, 0.3) is 22.6 Å². The Labute approximate surface area is 174 Å². The van der Waals surface area contributed by atoms with Crippen LogP contribution in [-0.2, 0) is 6.54 Å². The minimum Gasteiger partial charge on any atom is -0.337 e. The molecule has 0 saturated carbocycles. The maximum Gasteiger partial charge on any atom is 0.159 e. The van der Waals surface area contributed by atoms with Gasteiger partial charge in [0.15, 0.2) is 5.82 Å². The van der Waals surface area contributed by atoms with Crippen molar-refractivity contribution in [2.24, 2.45) is 5.92 Å². The van der Waals surface area contributed by atoms with Gasteiger partial charge in [-0.3, -0.25) is 4.68 Å². The number of fused-ring (bicyclic) bond motifs is 1. The standard InChI is InChI=1S/C20H20N4.C5H12/c1-13-8-9-14(2)16(10-13)12-24-15(3)11-19(23-24)20-21-17-6-4-5-7-18(17)22-20;1-4-5(2)3/h4-11H,12H2,1-3H3,(H,21,22);5H,4H2,1-3H3. The zero-order chi connectivity index (χ0) is 21.0. The summed E-state index contributed by atoms with van der Waals surface area (Å²) < 4.78 is 2.05. The molecule has 0 aliphatic heterocycles. The number of hydrogen-bond donors (Lipinski definition) is 1. The SMILES string of the molecule is CCC(C)C.Cc1ccc(C)c(Cn2nc(-c3nc4ccccc4[nH]3)cc2C)c1. The number of aromatic amines is 1. The van der Waals surface area contributed by atoms with Crippen molar-refractivity contribution < 1.29 is 0 Å². The highest BCUT2D eigenvalue weighted by molar-refractivity contribution is 5.78. The number of rotatable bonds is 4. The van der Waals surface area contributed by atoms with E-state index in [9.17, 15) is 0 Å². The minimum atomic E-state index is 0.777. The number of nitrogens with one attached hydrogen (secondary N) is 1. The van der Waals surface area contributed by atoms with Crippen LogP contribution < -0.4 is 0 Å². The van der Waals surface area contributed by atoms with Crippen LogP contribution >= 0.6 is 0 Å². The molecule has 0 unspecified atom stereocenters. The molecule has 0 saturated heterocycles. The van der Waals surface area contributed by atoms with Crippen LogP contribution in [0, 0.1) is 26.7 Å². The topological polar surface area (TPSA) is 46.5 Å². The van der Waals surface area contributed by atoms with E-state index in [1.165, 1.54) is 23.1 Å². The van der Waals surface area contributed by atoms with Gasteiger partial charge in [-0.1, -0.05) is 63.1 Å². The maximum atomic E-state index is 4.76. The van der Waals surface area contributed by atoms with Gasteiger partial charge in [-0.2, -0.15) is 5.10 Å². The number of nitrogens with zero attached hydrogens (tertiary/aromatic N) is 3. The van der Waals surface area contributed by atoms with Crippen LogP contribution in [0.3, 0.4) is 0 Å². The largest absolute Gasteiger partial charge is 0.337 e. The molecule has 2 aromatic carbocycles. The Morgan fingerprint density at radius 1 is 1.00 bits per heavy atom. The molecule has 1 N–H and O–H groups in total. The molecule has 0 bridgehead atoms. The maximum absolute atomic E-state index is 4.76. The minimum absolute atomic E-state index is 0.777. The summed E-state index contributed by atoms with van der Waals surface area (Å²) in [7, 11) is 0. The van der Waals surface area contributed by atoms with E-state index in [0.29, 0.717) is 0 Å². The highest BCUT2D eigenvalue weighted by atomic mass is 15.3. The third-order valence-corrected chi connectivity index (χ3v) is 5.25. The number of hydrogen-bond acceptors (Lipinski definition) is 2. The molecule has 0 amide bonds. The predicted molar refractivity (Wildman–Crippen MR) is 122 cm³/mol. The van der Waals surface area contributed by atoms with Gasteiger partial charge >= 0.3 is 0 Å². The highest BCUT2D eigenvalue weighted by Crippen LogP contribution is 2.21. The van der Waals surface area contributed by atoms with Gasteiger partial charge in [0.25, 0.3) is 0 Å². The molecule has 0 atom stereocenters. The van der Waals surface area contributed by atoms with E-state index >= 15 is 0 Å². The van der Waals surface area contributed by atoms with Crippen LogP contribution in [0.5, 0.6) is 0 Å². The molecule has 4 aromatic rings. The number of benzene rings is 2. The smallest absolute Gasteiger partial charge is 0.159 e. The first-order chi connectivity index (χ1) is 13.9. The molecule has 0 spiro atoms. The van der Waals surface area contributed by atoms with Gasteiger partial charge < -0.3 is 4.98 Å². The Morgan fingerprint density at radius 3 is 2.41 bits per heavy atom. The second kappa shape index (κ2) is 9.08. The summed E-state index contributed by atoms with van der Waals surface area (Å²) in [6.07, 6.45) is 1.31. The molecule has 29 heavy (non-hydrogen) atoms. The van der Waals surface area contributed by atoms with Crippen LogP contribution in [0.2, 0.25) is 0 Å². The predicted octanol–water partition coefficient (Wildman–Crippen LogP) is 6.45. The average molecular weight is 389 g/mol. The van der Waals surface area contributed by atoms with Crippen molar-refractivity contribution in [1.29, 1.82) is 0 Å². The number of aryl methyl sites for hydroxylation is 3. The summed E-state index contributed by atoms with van der Waals surface area (Å²) in [5.41, 5.74) is 7.89. The molecule has 0 aliphatic carbocycles. The van der Waals surface area contributed by atoms with Crippen molar-refractivity contribution in [3.8, 4) is 11.5 Å². The van der Waals surface area contributed by atoms with Crippen LogP contribution in [0.1, 0.15) is 49.6 Å².